The molecule has 0 radical (unpaired) electrons. The predicted octanol–water partition coefficient (Wildman–Crippen LogP) is 7.80. The van der Waals surface area contributed by atoms with Gasteiger partial charge in [0.25, 0.3) is 0 Å². The fraction of sp³-hybridized carbons (Fsp3) is 0.290. The van der Waals surface area contributed by atoms with Crippen molar-refractivity contribution in [3.8, 4) is 11.1 Å². The van der Waals surface area contributed by atoms with E-state index in [4.69, 9.17) is 0 Å². The molecular weight excluding hydrogens is 418 g/mol. The van der Waals surface area contributed by atoms with Gasteiger partial charge in [-0.3, -0.25) is 9.59 Å². The lowest BCUT2D eigenvalue weighted by Crippen LogP contribution is -2.28. The summed E-state index contributed by atoms with van der Waals surface area (Å²) in [6, 6.07) is 24.6. The minimum atomic E-state index is -0.535. The molecule has 1 amide bonds. The van der Waals surface area contributed by atoms with Gasteiger partial charge in [-0.2, -0.15) is 0 Å². The molecule has 0 saturated carbocycles. The van der Waals surface area contributed by atoms with E-state index in [0.717, 1.165) is 43.9 Å². The summed E-state index contributed by atoms with van der Waals surface area (Å²) in [4.78, 5) is 26.2. The number of amides is 1. The van der Waals surface area contributed by atoms with Crippen molar-refractivity contribution in [3.05, 3.63) is 78.4 Å². The van der Waals surface area contributed by atoms with Crippen LogP contribution in [0.25, 0.3) is 32.7 Å². The zero-order chi connectivity index (χ0) is 24.7. The summed E-state index contributed by atoms with van der Waals surface area (Å²) < 4.78 is 0. The molecule has 1 N–H and O–H groups in total. The van der Waals surface area contributed by atoms with Gasteiger partial charge in [-0.25, -0.2) is 0 Å². The minimum Gasteiger partial charge on any atom is -0.325 e. The van der Waals surface area contributed by atoms with Gasteiger partial charge in [0.2, 0.25) is 5.91 Å². The van der Waals surface area contributed by atoms with Crippen molar-refractivity contribution in [3.63, 3.8) is 0 Å². The molecule has 0 aliphatic heterocycles. The molecule has 4 rings (SSSR count). The number of carbonyl (C=O) groups is 2. The number of nitrogens with one attached hydrogen (secondary N) is 1. The number of rotatable bonds is 4. The fourth-order valence-corrected chi connectivity index (χ4v) is 4.15. The maximum Gasteiger partial charge on any atom is 0.229 e. The van der Waals surface area contributed by atoms with E-state index in [0.29, 0.717) is 6.42 Å². The molecule has 4 aromatic carbocycles. The molecule has 3 heteroatoms. The first-order valence-corrected chi connectivity index (χ1v) is 11.8. The maximum absolute atomic E-state index is 13.1. The van der Waals surface area contributed by atoms with E-state index in [2.05, 4.69) is 41.7 Å². The molecule has 0 unspecified atom stereocenters. The summed E-state index contributed by atoms with van der Waals surface area (Å²) in [5.74, 6) is 0.140. The van der Waals surface area contributed by atoms with Crippen LogP contribution in [0.2, 0.25) is 0 Å². The van der Waals surface area contributed by atoms with E-state index in [1.165, 1.54) is 0 Å². The van der Waals surface area contributed by atoms with Crippen molar-refractivity contribution in [2.24, 2.45) is 10.8 Å². The van der Waals surface area contributed by atoms with Gasteiger partial charge in [-0.15, -0.1) is 0 Å². The van der Waals surface area contributed by atoms with Crippen LogP contribution < -0.4 is 5.32 Å². The molecule has 0 aromatic heterocycles. The van der Waals surface area contributed by atoms with E-state index in [9.17, 15) is 9.59 Å². The molecular formula is C31H33NO2. The monoisotopic (exact) mass is 451 g/mol. The first-order chi connectivity index (χ1) is 16.0. The minimum absolute atomic E-state index is 0.0448. The van der Waals surface area contributed by atoms with Crippen LogP contribution in [0.3, 0.4) is 0 Å². The Bertz CT molecular complexity index is 1290. The Morgan fingerprint density at radius 2 is 1.18 bits per heavy atom. The summed E-state index contributed by atoms with van der Waals surface area (Å²) in [6.45, 7) is 11.6. The number of hydrogen-bond acceptors (Lipinski definition) is 2. The van der Waals surface area contributed by atoms with Crippen molar-refractivity contribution in [2.45, 2.75) is 48.0 Å². The van der Waals surface area contributed by atoms with Gasteiger partial charge in [0.1, 0.15) is 5.78 Å². The highest BCUT2D eigenvalue weighted by atomic mass is 16.2. The molecule has 0 heterocycles. The van der Waals surface area contributed by atoms with Gasteiger partial charge in [0.15, 0.2) is 0 Å². The second kappa shape index (κ2) is 8.72. The predicted molar refractivity (Wildman–Crippen MR) is 143 cm³/mol. The third kappa shape index (κ3) is 4.61. The lowest BCUT2D eigenvalue weighted by molar-refractivity contribution is -0.125. The number of fused-ring (bicyclic) bond motifs is 2. The largest absolute Gasteiger partial charge is 0.325 e. The third-order valence-electron chi connectivity index (χ3n) is 6.31. The van der Waals surface area contributed by atoms with Crippen LogP contribution in [0, 0.1) is 10.8 Å². The van der Waals surface area contributed by atoms with Crippen LogP contribution in [0.1, 0.15) is 47.1 Å². The number of carbonyl (C=O) groups excluding carboxylic acids is 2. The summed E-state index contributed by atoms with van der Waals surface area (Å²) in [5.41, 5.74) is 2.74. The summed E-state index contributed by atoms with van der Waals surface area (Å²) in [5, 5.41) is 7.51. The second-order valence-electron chi connectivity index (χ2n) is 11.1. The van der Waals surface area contributed by atoms with E-state index in [1.807, 2.05) is 77.9 Å². The Balaban J connectivity index is 2.06. The number of benzene rings is 4. The number of ketones is 1. The molecule has 3 nitrogen and oxygen atoms in total. The topological polar surface area (TPSA) is 46.2 Å². The highest BCUT2D eigenvalue weighted by Crippen LogP contribution is 2.42. The van der Waals surface area contributed by atoms with Gasteiger partial charge in [0, 0.05) is 28.5 Å². The molecule has 0 bridgehead atoms. The number of Topliss-reactive ketones (excluding diaryl/α,β-unsaturated/α-hetero) is 1. The lowest BCUT2D eigenvalue weighted by Gasteiger charge is -2.23. The normalized spacial score (nSPS) is 12.2. The van der Waals surface area contributed by atoms with E-state index in [-0.39, 0.29) is 11.7 Å². The van der Waals surface area contributed by atoms with E-state index < -0.39 is 10.8 Å². The Morgan fingerprint density at radius 3 is 1.74 bits per heavy atom. The lowest BCUT2D eigenvalue weighted by atomic mass is 9.82. The van der Waals surface area contributed by atoms with Crippen LogP contribution in [0.15, 0.2) is 72.8 Å². The van der Waals surface area contributed by atoms with Gasteiger partial charge in [-0.1, -0.05) is 108 Å². The number of anilines is 1. The maximum atomic E-state index is 13.1. The molecule has 0 fully saturated rings. The second-order valence-corrected chi connectivity index (χ2v) is 11.1. The Kier molecular flexibility index (Phi) is 6.07. The molecule has 0 aliphatic carbocycles. The molecule has 34 heavy (non-hydrogen) atoms. The zero-order valence-corrected chi connectivity index (χ0v) is 21.0. The molecule has 0 spiro atoms. The average Bonchev–Trinajstić information content (AvgIpc) is 2.78. The Labute approximate surface area is 202 Å². The van der Waals surface area contributed by atoms with Gasteiger partial charge < -0.3 is 5.32 Å². The third-order valence-corrected chi connectivity index (χ3v) is 6.31. The molecule has 0 saturated heterocycles. The van der Waals surface area contributed by atoms with Crippen molar-refractivity contribution in [1.29, 1.82) is 0 Å². The Morgan fingerprint density at radius 1 is 0.647 bits per heavy atom. The fourth-order valence-electron chi connectivity index (χ4n) is 4.15. The average molecular weight is 452 g/mol. The quantitative estimate of drug-likeness (QED) is 0.344. The van der Waals surface area contributed by atoms with Crippen molar-refractivity contribution >= 4 is 38.9 Å². The zero-order valence-electron chi connectivity index (χ0n) is 21.0. The summed E-state index contributed by atoms with van der Waals surface area (Å²) in [7, 11) is 0. The van der Waals surface area contributed by atoms with Crippen molar-refractivity contribution in [1.82, 2.24) is 0 Å². The van der Waals surface area contributed by atoms with Crippen molar-refractivity contribution < 1.29 is 9.59 Å². The SMILES string of the molecule is CC(C)(C)C(=O)Cc1ccc2ccccc2c1-c1c(NC(=O)C(C)(C)C)ccc2ccccc12. The molecule has 4 aromatic rings. The summed E-state index contributed by atoms with van der Waals surface area (Å²) >= 11 is 0. The van der Waals surface area contributed by atoms with Gasteiger partial charge in [-0.05, 0) is 38.7 Å². The highest BCUT2D eigenvalue weighted by Gasteiger charge is 2.26. The van der Waals surface area contributed by atoms with Crippen LogP contribution in [-0.4, -0.2) is 11.7 Å². The van der Waals surface area contributed by atoms with Crippen LogP contribution in [-0.2, 0) is 16.0 Å². The van der Waals surface area contributed by atoms with Gasteiger partial charge in [0.05, 0.1) is 0 Å². The summed E-state index contributed by atoms with van der Waals surface area (Å²) in [6.07, 6.45) is 0.333. The smallest absolute Gasteiger partial charge is 0.229 e. The van der Waals surface area contributed by atoms with Gasteiger partial charge >= 0.3 is 0 Å². The number of hydrogen-bond donors (Lipinski definition) is 1. The van der Waals surface area contributed by atoms with E-state index >= 15 is 0 Å². The first kappa shape index (κ1) is 23.7. The van der Waals surface area contributed by atoms with E-state index in [1.54, 1.807) is 0 Å². The standard InChI is InChI=1S/C31H33NO2/c1-30(2,3)26(33)19-22-16-15-20-11-7-9-13-23(20)27(22)28-24-14-10-8-12-21(24)17-18-25(28)32-29(34)31(4,5)6/h7-18H,19H2,1-6H3,(H,32,34). The molecule has 0 atom stereocenters. The highest BCUT2D eigenvalue weighted by molar-refractivity contribution is 6.13. The van der Waals surface area contributed by atoms with Crippen LogP contribution in [0.4, 0.5) is 5.69 Å². The first-order valence-electron chi connectivity index (χ1n) is 11.8. The van der Waals surface area contributed by atoms with Crippen LogP contribution >= 0.6 is 0 Å². The molecule has 174 valence electrons. The van der Waals surface area contributed by atoms with Crippen LogP contribution in [0.5, 0.6) is 0 Å². The van der Waals surface area contributed by atoms with Crippen molar-refractivity contribution in [2.75, 3.05) is 5.32 Å². The Hall–Kier alpha value is -3.46. The molecule has 0 aliphatic rings.